The number of nitrogens with one attached hydrogen (secondary N) is 1. The van der Waals surface area contributed by atoms with Gasteiger partial charge >= 0.3 is 6.09 Å². The van der Waals surface area contributed by atoms with Gasteiger partial charge in [0.25, 0.3) is 0 Å². The molecule has 0 bridgehead atoms. The number of benzene rings is 1. The van der Waals surface area contributed by atoms with Gasteiger partial charge in [-0.05, 0) is 43.9 Å². The molecule has 2 aromatic rings. The first-order valence-corrected chi connectivity index (χ1v) is 8.85. The third-order valence-electron chi connectivity index (χ3n) is 4.30. The molecule has 1 aromatic heterocycles. The second kappa shape index (κ2) is 7.25. The molecule has 1 aliphatic rings. The van der Waals surface area contributed by atoms with Gasteiger partial charge in [-0.15, -0.1) is 0 Å². The van der Waals surface area contributed by atoms with Crippen molar-refractivity contribution in [3.05, 3.63) is 29.6 Å². The summed E-state index contributed by atoms with van der Waals surface area (Å²) < 4.78 is 5.21. The van der Waals surface area contributed by atoms with E-state index in [2.05, 4.69) is 45.3 Å². The fourth-order valence-corrected chi connectivity index (χ4v) is 3.10. The zero-order chi connectivity index (χ0) is 18.0. The number of carbonyl (C=O) groups excluding carboxylic acids is 1. The molecule has 25 heavy (non-hydrogen) atoms. The molecule has 0 unspecified atom stereocenters. The van der Waals surface area contributed by atoms with Gasteiger partial charge in [0.1, 0.15) is 11.6 Å². The van der Waals surface area contributed by atoms with Gasteiger partial charge in [0.05, 0.1) is 18.2 Å². The van der Waals surface area contributed by atoms with Crippen molar-refractivity contribution in [3.63, 3.8) is 0 Å². The molecule has 6 heteroatoms. The summed E-state index contributed by atoms with van der Waals surface area (Å²) in [6.07, 6.45) is 0.549. The van der Waals surface area contributed by atoms with Crippen LogP contribution in [-0.2, 0) is 4.74 Å². The van der Waals surface area contributed by atoms with Crippen LogP contribution in [0.25, 0.3) is 10.9 Å². The molecule has 1 saturated heterocycles. The van der Waals surface area contributed by atoms with Crippen molar-refractivity contribution in [2.75, 3.05) is 24.6 Å². The van der Waals surface area contributed by atoms with Crippen molar-refractivity contribution in [2.45, 2.75) is 40.2 Å². The van der Waals surface area contributed by atoms with Gasteiger partial charge in [-0.25, -0.2) is 14.8 Å². The number of aromatic nitrogens is 2. The van der Waals surface area contributed by atoms with E-state index in [-0.39, 0.29) is 12.1 Å². The van der Waals surface area contributed by atoms with Crippen molar-refractivity contribution < 1.29 is 9.53 Å². The number of fused-ring (bicyclic) bond motifs is 1. The molecule has 1 N–H and O–H groups in total. The van der Waals surface area contributed by atoms with E-state index in [0.717, 1.165) is 42.1 Å². The van der Waals surface area contributed by atoms with Crippen molar-refractivity contribution in [1.29, 1.82) is 0 Å². The molecular weight excluding hydrogens is 316 g/mol. The van der Waals surface area contributed by atoms with Crippen LogP contribution in [0.1, 0.15) is 31.7 Å². The monoisotopic (exact) mass is 342 g/mol. The Labute approximate surface area is 148 Å². The van der Waals surface area contributed by atoms with E-state index in [0.29, 0.717) is 12.5 Å². The first-order chi connectivity index (χ1) is 11.9. The summed E-state index contributed by atoms with van der Waals surface area (Å²) in [4.78, 5) is 23.3. The molecule has 1 atom stereocenters. The number of hydrogen-bond donors (Lipinski definition) is 1. The lowest BCUT2D eigenvalue weighted by Gasteiger charge is -2.20. The number of rotatable bonds is 4. The second-order valence-electron chi connectivity index (χ2n) is 7.18. The quantitative estimate of drug-likeness (QED) is 0.924. The van der Waals surface area contributed by atoms with Crippen molar-refractivity contribution in [1.82, 2.24) is 15.3 Å². The van der Waals surface area contributed by atoms with Crippen LogP contribution in [0.4, 0.5) is 10.6 Å². The molecule has 0 saturated carbocycles. The highest BCUT2D eigenvalue weighted by atomic mass is 16.5. The minimum atomic E-state index is -0.333. The molecule has 2 heterocycles. The van der Waals surface area contributed by atoms with Gasteiger partial charge in [0.2, 0.25) is 0 Å². The Balaban J connectivity index is 1.72. The largest absolute Gasteiger partial charge is 0.449 e. The van der Waals surface area contributed by atoms with Crippen molar-refractivity contribution in [2.24, 2.45) is 5.92 Å². The zero-order valence-electron chi connectivity index (χ0n) is 15.4. The molecule has 1 amide bonds. The maximum atomic E-state index is 11.9. The smallest absolute Gasteiger partial charge is 0.407 e. The van der Waals surface area contributed by atoms with Crippen LogP contribution in [-0.4, -0.2) is 41.8 Å². The number of ether oxygens (including phenoxy) is 1. The van der Waals surface area contributed by atoms with E-state index < -0.39 is 0 Å². The highest BCUT2D eigenvalue weighted by Crippen LogP contribution is 2.27. The Kier molecular flexibility index (Phi) is 5.06. The summed E-state index contributed by atoms with van der Waals surface area (Å²) in [6, 6.07) is 6.33. The molecule has 1 aliphatic heterocycles. The fourth-order valence-electron chi connectivity index (χ4n) is 3.10. The SMILES string of the molecule is Cc1ccc2c(N3CC[C@@H](NC(=O)OCC(C)C)C3)nc(C)nc2c1. The maximum Gasteiger partial charge on any atom is 0.407 e. The third-order valence-corrected chi connectivity index (χ3v) is 4.30. The standard InChI is InChI=1S/C19H26N4O2/c1-12(2)11-25-19(24)22-15-7-8-23(10-15)18-16-6-5-13(3)9-17(16)20-14(4)21-18/h5-6,9,12,15H,7-8,10-11H2,1-4H3,(H,22,24)/t15-/m1/s1. The predicted molar refractivity (Wildman–Crippen MR) is 99.0 cm³/mol. The average Bonchev–Trinajstić information content (AvgIpc) is 3.00. The van der Waals surface area contributed by atoms with Crippen LogP contribution in [0, 0.1) is 19.8 Å². The summed E-state index contributed by atoms with van der Waals surface area (Å²) in [6.45, 7) is 10.1. The Morgan fingerprint density at radius 2 is 2.16 bits per heavy atom. The van der Waals surface area contributed by atoms with Gasteiger partial charge in [-0.3, -0.25) is 0 Å². The van der Waals surface area contributed by atoms with E-state index in [1.807, 2.05) is 20.8 Å². The Morgan fingerprint density at radius 3 is 2.92 bits per heavy atom. The Bertz CT molecular complexity index is 770. The lowest BCUT2D eigenvalue weighted by Crippen LogP contribution is -2.38. The zero-order valence-corrected chi connectivity index (χ0v) is 15.4. The van der Waals surface area contributed by atoms with Crippen molar-refractivity contribution in [3.8, 4) is 0 Å². The molecule has 0 aliphatic carbocycles. The number of amides is 1. The summed E-state index contributed by atoms with van der Waals surface area (Å²) in [5, 5.41) is 4.01. The molecular formula is C19H26N4O2. The van der Waals surface area contributed by atoms with Crippen LogP contribution in [0.2, 0.25) is 0 Å². The van der Waals surface area contributed by atoms with Crippen LogP contribution in [0.5, 0.6) is 0 Å². The van der Waals surface area contributed by atoms with Crippen molar-refractivity contribution >= 4 is 22.8 Å². The first-order valence-electron chi connectivity index (χ1n) is 8.85. The average molecular weight is 342 g/mol. The molecule has 6 nitrogen and oxygen atoms in total. The number of anilines is 1. The number of nitrogens with zero attached hydrogens (tertiary/aromatic N) is 3. The molecule has 1 aromatic carbocycles. The summed E-state index contributed by atoms with van der Waals surface area (Å²) in [5.74, 6) is 2.05. The second-order valence-corrected chi connectivity index (χ2v) is 7.18. The fraction of sp³-hybridized carbons (Fsp3) is 0.526. The van der Waals surface area contributed by atoms with E-state index in [9.17, 15) is 4.79 Å². The lowest BCUT2D eigenvalue weighted by molar-refractivity contribution is 0.130. The summed E-state index contributed by atoms with van der Waals surface area (Å²) in [7, 11) is 0. The van der Waals surface area contributed by atoms with Gasteiger partial charge in [0, 0.05) is 18.5 Å². The third kappa shape index (κ3) is 4.18. The number of alkyl carbamates (subject to hydrolysis) is 1. The minimum absolute atomic E-state index is 0.0791. The predicted octanol–water partition coefficient (Wildman–Crippen LogP) is 3.21. The number of hydrogen-bond acceptors (Lipinski definition) is 5. The highest BCUT2D eigenvalue weighted by Gasteiger charge is 2.26. The molecule has 134 valence electrons. The lowest BCUT2D eigenvalue weighted by atomic mass is 10.1. The van der Waals surface area contributed by atoms with E-state index >= 15 is 0 Å². The van der Waals surface area contributed by atoms with Crippen LogP contribution >= 0.6 is 0 Å². The van der Waals surface area contributed by atoms with Gasteiger partial charge < -0.3 is 15.0 Å². The Morgan fingerprint density at radius 1 is 1.36 bits per heavy atom. The number of carbonyl (C=O) groups is 1. The topological polar surface area (TPSA) is 67.4 Å². The van der Waals surface area contributed by atoms with E-state index in [4.69, 9.17) is 4.74 Å². The van der Waals surface area contributed by atoms with Gasteiger partial charge in [0.15, 0.2) is 0 Å². The van der Waals surface area contributed by atoms with Gasteiger partial charge in [-0.2, -0.15) is 0 Å². The molecule has 1 fully saturated rings. The molecule has 0 spiro atoms. The highest BCUT2D eigenvalue weighted by molar-refractivity contribution is 5.90. The number of aryl methyl sites for hydroxylation is 2. The van der Waals surface area contributed by atoms with Crippen LogP contribution in [0.3, 0.4) is 0 Å². The minimum Gasteiger partial charge on any atom is -0.449 e. The molecule has 3 rings (SSSR count). The van der Waals surface area contributed by atoms with E-state index in [1.54, 1.807) is 0 Å². The van der Waals surface area contributed by atoms with E-state index in [1.165, 1.54) is 5.56 Å². The van der Waals surface area contributed by atoms with Gasteiger partial charge in [-0.1, -0.05) is 19.9 Å². The molecule has 0 radical (unpaired) electrons. The Hall–Kier alpha value is -2.37. The van der Waals surface area contributed by atoms with Crippen LogP contribution < -0.4 is 10.2 Å². The summed E-state index contributed by atoms with van der Waals surface area (Å²) >= 11 is 0. The summed E-state index contributed by atoms with van der Waals surface area (Å²) in [5.41, 5.74) is 2.15. The van der Waals surface area contributed by atoms with Crippen LogP contribution in [0.15, 0.2) is 18.2 Å². The normalized spacial score (nSPS) is 17.3. The maximum absolute atomic E-state index is 11.9. The first kappa shape index (κ1) is 17.5.